The van der Waals surface area contributed by atoms with Crippen LogP contribution in [0.1, 0.15) is 96.2 Å². The third kappa shape index (κ3) is 12.7. The van der Waals surface area contributed by atoms with E-state index in [1.54, 1.807) is 37.2 Å². The second kappa shape index (κ2) is 20.9. The number of aromatic nitrogens is 1. The first-order valence-electron chi connectivity index (χ1n) is 18.7. The molecule has 1 amide bonds. The van der Waals surface area contributed by atoms with E-state index in [-0.39, 0.29) is 17.5 Å². The number of unbranched alkanes of at least 4 members (excludes halogenated alkanes) is 1. The highest BCUT2D eigenvalue weighted by Gasteiger charge is 2.23. The number of nitrogens with zero attached hydrogens (tertiary/aromatic N) is 2. The van der Waals surface area contributed by atoms with Gasteiger partial charge in [-0.1, -0.05) is 55.1 Å². The number of rotatable bonds is 17. The van der Waals surface area contributed by atoms with Crippen LogP contribution < -0.4 is 0 Å². The van der Waals surface area contributed by atoms with Crippen molar-refractivity contribution >= 4 is 34.1 Å². The average molecular weight is 709 g/mol. The van der Waals surface area contributed by atoms with Crippen molar-refractivity contribution in [1.29, 1.82) is 0 Å². The van der Waals surface area contributed by atoms with Gasteiger partial charge in [-0.25, -0.2) is 0 Å². The molecule has 2 atom stereocenters. The van der Waals surface area contributed by atoms with Crippen molar-refractivity contribution in [1.82, 2.24) is 9.88 Å². The standard InChI is InChI=1S/C44H56N2O4S/c1-6-12-41(47)38-21-22-43(51-31-38)37-23-26-45-39(30-37)15-11-10-14-36(44(49)46(4)5)13-8-7-9-16-42(48)40-29-33(3)35(19-17-32(40)2)20-18-34-24-27-50-28-25-34/h6-7,9,12,14,17,21,23,26,29-31,33-35H,8,10-11,13,15-16,18-20,24-25,27-28H2,1-5H3/b9-7+,12-6?,36-14?. The predicted molar refractivity (Wildman–Crippen MR) is 211 cm³/mol. The Morgan fingerprint density at radius 3 is 2.65 bits per heavy atom. The van der Waals surface area contributed by atoms with E-state index in [2.05, 4.69) is 48.9 Å². The van der Waals surface area contributed by atoms with E-state index in [0.29, 0.717) is 36.7 Å². The molecule has 1 aromatic heterocycles. The molecule has 7 heteroatoms. The molecule has 0 aromatic carbocycles. The number of thioether (sulfide) groups is 1. The summed E-state index contributed by atoms with van der Waals surface area (Å²) in [5.41, 5.74) is 8.67. The van der Waals surface area contributed by atoms with Crippen molar-refractivity contribution in [2.24, 2.45) is 17.8 Å². The molecule has 1 saturated heterocycles. The van der Waals surface area contributed by atoms with E-state index in [1.807, 2.05) is 36.7 Å². The summed E-state index contributed by atoms with van der Waals surface area (Å²) in [6.45, 7) is 7.97. The minimum Gasteiger partial charge on any atom is -0.381 e. The minimum absolute atomic E-state index is 0.0198. The van der Waals surface area contributed by atoms with E-state index in [0.717, 1.165) is 77.7 Å². The second-order valence-corrected chi connectivity index (χ2v) is 15.0. The SMILES string of the molecule is CC=CC(=O)C1=CSC(c2ccnc(CCCC=C(CC/C=C/CC(=O)C3=CC(C)C(CCC4CCOCC4)CC=C3C)C(=O)N(C)C)c2)=C=C1. The van der Waals surface area contributed by atoms with Gasteiger partial charge in [0.2, 0.25) is 5.91 Å². The van der Waals surface area contributed by atoms with Gasteiger partial charge in [-0.15, -0.1) is 5.73 Å². The molecular weight excluding hydrogens is 653 g/mol. The van der Waals surface area contributed by atoms with Crippen molar-refractivity contribution in [3.05, 3.63) is 112 Å². The Kier molecular flexibility index (Phi) is 16.4. The van der Waals surface area contributed by atoms with Crippen LogP contribution in [0, 0.1) is 17.8 Å². The van der Waals surface area contributed by atoms with Gasteiger partial charge >= 0.3 is 0 Å². The number of carbonyl (C=O) groups is 3. The van der Waals surface area contributed by atoms with E-state index in [4.69, 9.17) is 4.74 Å². The summed E-state index contributed by atoms with van der Waals surface area (Å²) in [6.07, 6.45) is 27.4. The topological polar surface area (TPSA) is 76.6 Å². The van der Waals surface area contributed by atoms with Crippen LogP contribution in [0.25, 0.3) is 4.91 Å². The summed E-state index contributed by atoms with van der Waals surface area (Å²) < 4.78 is 5.53. The van der Waals surface area contributed by atoms with Crippen LogP contribution in [0.2, 0.25) is 0 Å². The highest BCUT2D eigenvalue weighted by molar-refractivity contribution is 8.11. The fraction of sp³-hybridized carbons (Fsp3) is 0.477. The van der Waals surface area contributed by atoms with Crippen LogP contribution in [0.15, 0.2) is 100 Å². The number of ether oxygens (including phenoxy) is 1. The molecule has 0 bridgehead atoms. The molecule has 6 nitrogen and oxygen atoms in total. The number of hydrogen-bond acceptors (Lipinski definition) is 6. The number of allylic oxidation sites excluding steroid dienone is 11. The molecule has 0 saturated carbocycles. The average Bonchev–Trinajstić information content (AvgIpc) is 3.28. The number of aryl methyl sites for hydroxylation is 1. The summed E-state index contributed by atoms with van der Waals surface area (Å²) in [7, 11) is 3.57. The Labute approximate surface area is 310 Å². The highest BCUT2D eigenvalue weighted by Crippen LogP contribution is 2.34. The summed E-state index contributed by atoms with van der Waals surface area (Å²) in [4.78, 5) is 45.5. The van der Waals surface area contributed by atoms with Gasteiger partial charge in [0.1, 0.15) is 0 Å². The number of Topliss-reactive ketones (excluding diaryl/α,β-unsaturated/α-hetero) is 1. The summed E-state index contributed by atoms with van der Waals surface area (Å²) in [5, 5.41) is 1.87. The van der Waals surface area contributed by atoms with Crippen LogP contribution in [0.3, 0.4) is 0 Å². The fourth-order valence-corrected chi connectivity index (χ4v) is 7.60. The molecule has 2 aliphatic heterocycles. The Morgan fingerprint density at radius 1 is 1.12 bits per heavy atom. The zero-order valence-electron chi connectivity index (χ0n) is 31.3. The molecule has 3 aliphatic rings. The second-order valence-electron chi connectivity index (χ2n) is 14.1. The third-order valence-electron chi connectivity index (χ3n) is 10.0. The van der Waals surface area contributed by atoms with Crippen molar-refractivity contribution in [3.63, 3.8) is 0 Å². The zero-order valence-corrected chi connectivity index (χ0v) is 32.1. The van der Waals surface area contributed by atoms with Crippen molar-refractivity contribution in [3.8, 4) is 0 Å². The molecule has 0 spiro atoms. The van der Waals surface area contributed by atoms with Crippen LogP contribution in [0.4, 0.5) is 0 Å². The molecule has 0 N–H and O–H groups in total. The Bertz CT molecular complexity index is 1640. The minimum atomic E-state index is -0.0198. The number of hydrogen-bond donors (Lipinski definition) is 0. The number of carbonyl (C=O) groups excluding carboxylic acids is 3. The van der Waals surface area contributed by atoms with Gasteiger partial charge in [0, 0.05) is 62.3 Å². The lowest BCUT2D eigenvalue weighted by atomic mass is 9.83. The monoisotopic (exact) mass is 708 g/mol. The zero-order chi connectivity index (χ0) is 36.6. The summed E-state index contributed by atoms with van der Waals surface area (Å²) >= 11 is 1.50. The maximum absolute atomic E-state index is 13.3. The van der Waals surface area contributed by atoms with E-state index in [9.17, 15) is 14.4 Å². The molecule has 4 rings (SSSR count). The first-order valence-corrected chi connectivity index (χ1v) is 19.6. The summed E-state index contributed by atoms with van der Waals surface area (Å²) in [6, 6.07) is 4.04. The van der Waals surface area contributed by atoms with Crippen molar-refractivity contribution in [2.75, 3.05) is 27.3 Å². The van der Waals surface area contributed by atoms with E-state index >= 15 is 0 Å². The predicted octanol–water partition coefficient (Wildman–Crippen LogP) is 9.72. The quantitative estimate of drug-likeness (QED) is 0.0694. The molecule has 0 radical (unpaired) electrons. The largest absolute Gasteiger partial charge is 0.381 e. The molecule has 1 aromatic rings. The molecule has 1 aliphatic carbocycles. The van der Waals surface area contributed by atoms with Gasteiger partial charge < -0.3 is 9.64 Å². The molecule has 272 valence electrons. The first-order chi connectivity index (χ1) is 24.7. The van der Waals surface area contributed by atoms with Crippen molar-refractivity contribution in [2.45, 2.75) is 91.4 Å². The number of ketones is 2. The van der Waals surface area contributed by atoms with E-state index in [1.165, 1.54) is 37.4 Å². The van der Waals surface area contributed by atoms with Crippen molar-refractivity contribution < 1.29 is 19.1 Å². The molecule has 2 unspecified atom stereocenters. The lowest BCUT2D eigenvalue weighted by Gasteiger charge is -2.25. The fourth-order valence-electron chi connectivity index (χ4n) is 6.78. The molecule has 3 heterocycles. The van der Waals surface area contributed by atoms with Gasteiger partial charge in [-0.05, 0) is 137 Å². The summed E-state index contributed by atoms with van der Waals surface area (Å²) in [5.74, 6) is 1.91. The normalized spacial score (nSPS) is 20.1. The first kappa shape index (κ1) is 40.0. The van der Waals surface area contributed by atoms with Crippen LogP contribution in [0.5, 0.6) is 0 Å². The lowest BCUT2D eigenvalue weighted by molar-refractivity contribution is -0.125. The van der Waals surface area contributed by atoms with Crippen LogP contribution in [-0.4, -0.2) is 54.7 Å². The van der Waals surface area contributed by atoms with Gasteiger partial charge in [0.15, 0.2) is 11.6 Å². The highest BCUT2D eigenvalue weighted by atomic mass is 32.2. The number of amides is 1. The maximum atomic E-state index is 13.3. The smallest absolute Gasteiger partial charge is 0.248 e. The third-order valence-corrected chi connectivity index (χ3v) is 11.0. The lowest BCUT2D eigenvalue weighted by Crippen LogP contribution is -2.23. The van der Waals surface area contributed by atoms with Crippen LogP contribution in [-0.2, 0) is 25.5 Å². The molecule has 1 fully saturated rings. The molecule has 51 heavy (non-hydrogen) atoms. The Hall–Kier alpha value is -3.77. The van der Waals surface area contributed by atoms with Gasteiger partial charge in [0.25, 0.3) is 0 Å². The maximum Gasteiger partial charge on any atom is 0.248 e. The van der Waals surface area contributed by atoms with Crippen LogP contribution >= 0.6 is 11.8 Å². The van der Waals surface area contributed by atoms with Gasteiger partial charge in [-0.3, -0.25) is 19.4 Å². The number of likely N-dealkylation sites (N-methyl/N-ethyl adjacent to an activating group) is 1. The molecular formula is C44H56N2O4S. The number of pyridine rings is 1. The Morgan fingerprint density at radius 2 is 1.92 bits per heavy atom. The van der Waals surface area contributed by atoms with Gasteiger partial charge in [-0.2, -0.15) is 0 Å². The van der Waals surface area contributed by atoms with Gasteiger partial charge in [0.05, 0.1) is 4.91 Å². The van der Waals surface area contributed by atoms with E-state index < -0.39 is 0 Å². The Balaban J connectivity index is 1.26.